The summed E-state index contributed by atoms with van der Waals surface area (Å²) in [5, 5.41) is 0. The smallest absolute Gasteiger partial charge is 0.342 e. The zero-order valence-electron chi connectivity index (χ0n) is 18.2. The predicted octanol–water partition coefficient (Wildman–Crippen LogP) is 1.04. The van der Waals surface area contributed by atoms with Crippen molar-refractivity contribution in [3.05, 3.63) is 12.7 Å². The highest BCUT2D eigenvalue weighted by molar-refractivity contribution is 9.09. The molecule has 13 heteroatoms. The molecule has 12 nitrogen and oxygen atoms in total. The third-order valence-electron chi connectivity index (χ3n) is 4.80. The van der Waals surface area contributed by atoms with E-state index in [0.29, 0.717) is 11.2 Å². The van der Waals surface area contributed by atoms with Crippen LogP contribution in [0.25, 0.3) is 11.2 Å². The maximum absolute atomic E-state index is 12.0. The minimum Gasteiger partial charge on any atom is -0.456 e. The second-order valence-corrected chi connectivity index (χ2v) is 8.60. The van der Waals surface area contributed by atoms with Crippen LogP contribution in [-0.2, 0) is 33.3 Å². The molecule has 0 spiro atoms. The summed E-state index contributed by atoms with van der Waals surface area (Å²) < 4.78 is 38.3. The van der Waals surface area contributed by atoms with Crippen LogP contribution in [0, 0.1) is 0 Å². The fourth-order valence-corrected chi connectivity index (χ4v) is 3.97. The van der Waals surface area contributed by atoms with E-state index < -0.39 is 46.8 Å². The van der Waals surface area contributed by atoms with Crippen LogP contribution in [0.3, 0.4) is 0 Å². The third-order valence-corrected chi connectivity index (χ3v) is 5.77. The van der Waals surface area contributed by atoms with Crippen molar-refractivity contribution in [1.29, 1.82) is 0 Å². The van der Waals surface area contributed by atoms with E-state index in [2.05, 4.69) is 30.9 Å². The van der Waals surface area contributed by atoms with Crippen LogP contribution < -0.4 is 5.73 Å². The van der Waals surface area contributed by atoms with Crippen molar-refractivity contribution < 1.29 is 34.6 Å². The Kier molecular flexibility index (Phi) is 5.07. The minimum atomic E-state index is -1.66. The number of fused-ring (bicyclic) bond motifs is 1. The molecule has 0 aromatic carbocycles. The lowest BCUT2D eigenvalue weighted by Crippen LogP contribution is -2.38. The lowest BCUT2D eigenvalue weighted by atomic mass is 10.1. The van der Waals surface area contributed by atoms with E-state index in [4.69, 9.17) is 30.8 Å². The van der Waals surface area contributed by atoms with Gasteiger partial charge in [0.1, 0.15) is 17.9 Å². The molecule has 31 heavy (non-hydrogen) atoms. The van der Waals surface area contributed by atoms with Gasteiger partial charge in [0.25, 0.3) is 0 Å². The van der Waals surface area contributed by atoms with Crippen LogP contribution in [-0.4, -0.2) is 66.6 Å². The average Bonchev–Trinajstić information content (AvgIpc) is 3.26. The maximum atomic E-state index is 12.0. The first-order valence-corrected chi connectivity index (χ1v) is 10.2. The number of nitrogens with zero attached hydrogens (tertiary/aromatic N) is 4. The molecule has 2 aromatic rings. The van der Waals surface area contributed by atoms with Gasteiger partial charge < -0.3 is 24.7 Å². The van der Waals surface area contributed by atoms with Crippen LogP contribution in [0.4, 0.5) is 5.82 Å². The van der Waals surface area contributed by atoms with Gasteiger partial charge in [-0.3, -0.25) is 14.1 Å². The van der Waals surface area contributed by atoms with Gasteiger partial charge in [0, 0.05) is 15.2 Å². The normalized spacial score (nSPS) is 35.2. The summed E-state index contributed by atoms with van der Waals surface area (Å²) in [6, 6.07) is 0. The summed E-state index contributed by atoms with van der Waals surface area (Å²) in [7, 11) is 0. The summed E-state index contributed by atoms with van der Waals surface area (Å²) >= 11 is 3.31. The summed E-state index contributed by atoms with van der Waals surface area (Å²) in [6.45, 7) is 5.55. The van der Waals surface area contributed by atoms with E-state index in [1.165, 1.54) is 31.1 Å². The van der Waals surface area contributed by atoms with Gasteiger partial charge in [-0.2, -0.15) is 0 Å². The molecule has 5 atom stereocenters. The van der Waals surface area contributed by atoms with Gasteiger partial charge in [-0.05, 0) is 13.8 Å². The van der Waals surface area contributed by atoms with E-state index in [1.54, 1.807) is 13.8 Å². The van der Waals surface area contributed by atoms with Crippen LogP contribution in [0.1, 0.15) is 35.3 Å². The molecule has 0 aliphatic carbocycles. The van der Waals surface area contributed by atoms with Crippen molar-refractivity contribution in [1.82, 2.24) is 19.5 Å². The Morgan fingerprint density at radius 3 is 2.77 bits per heavy atom. The van der Waals surface area contributed by atoms with E-state index in [0.717, 1.165) is 0 Å². The van der Waals surface area contributed by atoms with Gasteiger partial charge >= 0.3 is 17.9 Å². The molecule has 2 aromatic heterocycles. The van der Waals surface area contributed by atoms with Gasteiger partial charge in [0.05, 0.1) is 17.7 Å². The molecular formula is C18H22BrN5O7. The number of alkyl halides is 1. The number of halogens is 1. The fourth-order valence-electron chi connectivity index (χ4n) is 3.41. The van der Waals surface area contributed by atoms with E-state index in [1.807, 2.05) is 0 Å². The summed E-state index contributed by atoms with van der Waals surface area (Å²) in [6.07, 6.45) is -0.396. The lowest BCUT2D eigenvalue weighted by Gasteiger charge is -2.25. The van der Waals surface area contributed by atoms with Crippen LogP contribution in [0.15, 0.2) is 12.7 Å². The Balaban J connectivity index is 1.61. The number of carbonyl (C=O) groups excluding carboxylic acids is 2. The number of imidazole rings is 1. The zero-order chi connectivity index (χ0) is 23.5. The van der Waals surface area contributed by atoms with Crippen molar-refractivity contribution >= 4 is 44.9 Å². The van der Waals surface area contributed by atoms with Crippen molar-refractivity contribution in [2.75, 3.05) is 12.3 Å². The molecule has 0 bridgehead atoms. The highest BCUT2D eigenvalue weighted by Crippen LogP contribution is 2.39. The van der Waals surface area contributed by atoms with E-state index in [-0.39, 0.29) is 12.4 Å². The zero-order valence-corrected chi connectivity index (χ0v) is 18.8. The Hall–Kier alpha value is -2.35. The quantitative estimate of drug-likeness (QED) is 0.463. The number of ether oxygens (including phenoxy) is 5. The molecule has 0 radical (unpaired) electrons. The average molecular weight is 501 g/mol. The van der Waals surface area contributed by atoms with Crippen LogP contribution in [0.5, 0.6) is 0 Å². The molecule has 4 rings (SSSR count). The first-order chi connectivity index (χ1) is 14.8. The molecule has 2 saturated heterocycles. The predicted molar refractivity (Wildman–Crippen MR) is 108 cm³/mol. The summed E-state index contributed by atoms with van der Waals surface area (Å²) in [5.41, 5.74) is 5.35. The first-order valence-electron chi connectivity index (χ1n) is 9.86. The number of hydrogen-bond acceptors (Lipinski definition) is 11. The molecular weight excluding hydrogens is 478 g/mol. The Morgan fingerprint density at radius 2 is 2.13 bits per heavy atom. The van der Waals surface area contributed by atoms with Crippen LogP contribution >= 0.6 is 15.9 Å². The van der Waals surface area contributed by atoms with Gasteiger partial charge in [0.15, 0.2) is 29.4 Å². The molecule has 0 amide bonds. The molecule has 0 saturated carbocycles. The van der Waals surface area contributed by atoms with Gasteiger partial charge in [-0.1, -0.05) is 15.9 Å². The van der Waals surface area contributed by atoms with Gasteiger partial charge in [-0.25, -0.2) is 19.7 Å². The number of esters is 2. The SMILES string of the molecule is [2H][C@]1(Br)[C@@H](COC2(C)OC(=O)C(C)(C)O2)O[C@@H](n2cnc3c(N)ncnc32)[C@@H]1OC(C)=O. The fraction of sp³-hybridized carbons (Fsp3) is 0.611. The number of rotatable bonds is 5. The number of cyclic esters (lactones) is 1. The Labute approximate surface area is 186 Å². The third kappa shape index (κ3) is 3.97. The first kappa shape index (κ1) is 20.5. The van der Waals surface area contributed by atoms with Crippen molar-refractivity contribution in [2.45, 2.75) is 62.5 Å². The number of hydrogen-bond donors (Lipinski definition) is 1. The van der Waals surface area contributed by atoms with E-state index >= 15 is 0 Å². The minimum absolute atomic E-state index is 0.169. The molecule has 168 valence electrons. The number of carbonyl (C=O) groups is 2. The largest absolute Gasteiger partial charge is 0.456 e. The summed E-state index contributed by atoms with van der Waals surface area (Å²) in [5.74, 6) is -2.68. The molecule has 2 N–H and O–H groups in total. The highest BCUT2D eigenvalue weighted by Gasteiger charge is 2.53. The molecule has 4 heterocycles. The van der Waals surface area contributed by atoms with Gasteiger partial charge in [0.2, 0.25) is 0 Å². The van der Waals surface area contributed by atoms with E-state index in [9.17, 15) is 9.59 Å². The molecule has 2 fully saturated rings. The molecule has 2 aliphatic rings. The molecule has 2 aliphatic heterocycles. The summed E-state index contributed by atoms with van der Waals surface area (Å²) in [4.78, 5) is 34.4. The van der Waals surface area contributed by atoms with Gasteiger partial charge in [-0.15, -0.1) is 0 Å². The van der Waals surface area contributed by atoms with Crippen LogP contribution in [0.2, 0.25) is 0 Å². The lowest BCUT2D eigenvalue weighted by molar-refractivity contribution is -0.334. The Morgan fingerprint density at radius 1 is 1.39 bits per heavy atom. The second-order valence-electron chi connectivity index (χ2n) is 7.69. The topological polar surface area (TPSA) is 150 Å². The van der Waals surface area contributed by atoms with Crippen molar-refractivity contribution in [3.63, 3.8) is 0 Å². The number of anilines is 1. The number of nitrogens with two attached hydrogens (primary N) is 1. The monoisotopic (exact) mass is 500 g/mol. The number of aromatic nitrogens is 4. The second kappa shape index (κ2) is 7.65. The number of nitrogen functional groups attached to an aromatic ring is 1. The molecule has 1 unspecified atom stereocenters. The highest BCUT2D eigenvalue weighted by atomic mass is 79.9. The maximum Gasteiger partial charge on any atom is 0.342 e. The Bertz CT molecular complexity index is 1080. The van der Waals surface area contributed by atoms with Crippen molar-refractivity contribution in [2.24, 2.45) is 0 Å². The van der Waals surface area contributed by atoms with Crippen molar-refractivity contribution in [3.8, 4) is 0 Å². The standard InChI is InChI=1S/C18H22BrN5O7/c1-8(25)28-12-10(19)9(5-27-18(4)30-16(26)17(2,3)31-18)29-15(12)24-7-23-11-13(20)21-6-22-14(11)24/h6-7,9-10,12,15H,5H2,1-4H3,(H2,20,21,22)/t9-,10+,12-,15-,18?/m1/s1/i10D.